The number of benzene rings is 1. The molecule has 4 heterocycles. The van der Waals surface area contributed by atoms with Crippen molar-refractivity contribution in [2.24, 2.45) is 0 Å². The maximum Gasteiger partial charge on any atom is 0.223 e. The number of aromatic nitrogens is 4. The predicted octanol–water partition coefficient (Wildman–Crippen LogP) is 4.09. The van der Waals surface area contributed by atoms with Gasteiger partial charge >= 0.3 is 0 Å². The van der Waals surface area contributed by atoms with Crippen molar-refractivity contribution >= 4 is 11.8 Å². The molecule has 0 amide bonds. The summed E-state index contributed by atoms with van der Waals surface area (Å²) in [6, 6.07) is 12.1. The molecule has 1 aliphatic heterocycles. The first-order chi connectivity index (χ1) is 16.2. The molecular formula is C24H23FN6O2. The predicted molar refractivity (Wildman–Crippen MR) is 122 cm³/mol. The fraction of sp³-hybridized carbons (Fsp3) is 0.250. The van der Waals surface area contributed by atoms with Gasteiger partial charge in [-0.2, -0.15) is 0 Å². The molecule has 1 aromatic carbocycles. The van der Waals surface area contributed by atoms with E-state index in [0.717, 1.165) is 41.3 Å². The van der Waals surface area contributed by atoms with E-state index in [-0.39, 0.29) is 5.82 Å². The average molecular weight is 446 g/mol. The lowest BCUT2D eigenvalue weighted by atomic mass is 10.1. The van der Waals surface area contributed by atoms with Crippen LogP contribution in [0.15, 0.2) is 59.4 Å². The number of hydrogen-bond donors (Lipinski definition) is 1. The third-order valence-electron chi connectivity index (χ3n) is 5.40. The average Bonchev–Trinajstić information content (AvgIpc) is 3.30. The minimum Gasteiger partial charge on any atom is -0.378 e. The lowest BCUT2D eigenvalue weighted by molar-refractivity contribution is 0.122. The van der Waals surface area contributed by atoms with E-state index in [0.29, 0.717) is 37.2 Å². The van der Waals surface area contributed by atoms with Gasteiger partial charge in [0.2, 0.25) is 5.95 Å². The van der Waals surface area contributed by atoms with Crippen molar-refractivity contribution in [3.63, 3.8) is 0 Å². The SMILES string of the molecule is Cc1cc(-c2cnc(NCc3ccc(F)cc3)nc2-c2ccc(N3CCOCC3)nc2)on1. The van der Waals surface area contributed by atoms with Gasteiger partial charge in [-0.25, -0.2) is 19.3 Å². The largest absolute Gasteiger partial charge is 0.378 e. The molecule has 5 rings (SSSR count). The van der Waals surface area contributed by atoms with Gasteiger partial charge in [-0.05, 0) is 36.8 Å². The molecule has 8 nitrogen and oxygen atoms in total. The molecule has 1 N–H and O–H groups in total. The molecule has 1 saturated heterocycles. The molecule has 0 atom stereocenters. The number of pyridine rings is 1. The number of aryl methyl sites for hydroxylation is 1. The molecular weight excluding hydrogens is 423 g/mol. The molecule has 1 fully saturated rings. The summed E-state index contributed by atoms with van der Waals surface area (Å²) < 4.78 is 24.1. The Hall–Kier alpha value is -3.85. The Balaban J connectivity index is 1.44. The Kier molecular flexibility index (Phi) is 5.95. The molecule has 0 unspecified atom stereocenters. The van der Waals surface area contributed by atoms with Crippen molar-refractivity contribution in [1.29, 1.82) is 0 Å². The van der Waals surface area contributed by atoms with E-state index in [2.05, 4.69) is 25.3 Å². The van der Waals surface area contributed by atoms with E-state index < -0.39 is 0 Å². The fourth-order valence-electron chi connectivity index (χ4n) is 3.65. The smallest absolute Gasteiger partial charge is 0.223 e. The number of nitrogens with one attached hydrogen (secondary N) is 1. The van der Waals surface area contributed by atoms with Crippen LogP contribution < -0.4 is 10.2 Å². The highest BCUT2D eigenvalue weighted by molar-refractivity contribution is 5.78. The zero-order valence-corrected chi connectivity index (χ0v) is 18.2. The summed E-state index contributed by atoms with van der Waals surface area (Å²) >= 11 is 0. The third-order valence-corrected chi connectivity index (χ3v) is 5.40. The second-order valence-corrected chi connectivity index (χ2v) is 7.77. The number of ether oxygens (including phenoxy) is 1. The van der Waals surface area contributed by atoms with Crippen molar-refractivity contribution in [1.82, 2.24) is 20.1 Å². The van der Waals surface area contributed by atoms with Crippen LogP contribution in [0.4, 0.5) is 16.2 Å². The molecule has 0 spiro atoms. The summed E-state index contributed by atoms with van der Waals surface area (Å²) in [7, 11) is 0. The first-order valence-electron chi connectivity index (χ1n) is 10.7. The second-order valence-electron chi connectivity index (χ2n) is 7.77. The van der Waals surface area contributed by atoms with E-state index in [9.17, 15) is 4.39 Å². The van der Waals surface area contributed by atoms with Crippen LogP contribution in [0.5, 0.6) is 0 Å². The van der Waals surface area contributed by atoms with Crippen molar-refractivity contribution in [3.05, 3.63) is 71.9 Å². The Morgan fingerprint density at radius 2 is 1.85 bits per heavy atom. The molecule has 0 saturated carbocycles. The topological polar surface area (TPSA) is 89.2 Å². The summed E-state index contributed by atoms with van der Waals surface area (Å²) in [5, 5.41) is 7.20. The first kappa shape index (κ1) is 21.0. The van der Waals surface area contributed by atoms with Crippen LogP contribution in [-0.2, 0) is 11.3 Å². The van der Waals surface area contributed by atoms with Crippen molar-refractivity contribution in [2.45, 2.75) is 13.5 Å². The Bertz CT molecular complexity index is 1220. The molecule has 168 valence electrons. The van der Waals surface area contributed by atoms with Crippen LogP contribution in [0.3, 0.4) is 0 Å². The Morgan fingerprint density at radius 3 is 2.55 bits per heavy atom. The van der Waals surface area contributed by atoms with E-state index in [1.54, 1.807) is 18.3 Å². The standard InChI is InChI=1S/C24H23FN6O2/c1-16-12-21(33-30-16)20-15-28-24(27-13-17-2-5-19(25)6-3-17)29-23(20)18-4-7-22(26-14-18)31-8-10-32-11-9-31/h2-7,12,14-15H,8-11,13H2,1H3,(H,27,28,29). The highest BCUT2D eigenvalue weighted by Crippen LogP contribution is 2.31. The molecule has 0 bridgehead atoms. The van der Waals surface area contributed by atoms with Gasteiger partial charge in [-0.3, -0.25) is 0 Å². The summed E-state index contributed by atoms with van der Waals surface area (Å²) in [6.07, 6.45) is 3.52. The minimum absolute atomic E-state index is 0.267. The summed E-state index contributed by atoms with van der Waals surface area (Å²) in [5.74, 6) is 1.68. The lowest BCUT2D eigenvalue weighted by Gasteiger charge is -2.27. The monoisotopic (exact) mass is 446 g/mol. The van der Waals surface area contributed by atoms with Gasteiger partial charge in [0.15, 0.2) is 5.76 Å². The molecule has 33 heavy (non-hydrogen) atoms. The van der Waals surface area contributed by atoms with Gasteiger partial charge in [0.25, 0.3) is 0 Å². The number of anilines is 2. The van der Waals surface area contributed by atoms with Crippen LogP contribution in [0, 0.1) is 12.7 Å². The highest BCUT2D eigenvalue weighted by Gasteiger charge is 2.17. The number of rotatable bonds is 6. The van der Waals surface area contributed by atoms with Gasteiger partial charge < -0.3 is 19.5 Å². The molecule has 1 aliphatic rings. The zero-order valence-electron chi connectivity index (χ0n) is 18.2. The van der Waals surface area contributed by atoms with Crippen molar-refractivity contribution in [2.75, 3.05) is 36.5 Å². The van der Waals surface area contributed by atoms with Crippen LogP contribution in [0.2, 0.25) is 0 Å². The van der Waals surface area contributed by atoms with E-state index in [1.807, 2.05) is 31.3 Å². The summed E-state index contributed by atoms with van der Waals surface area (Å²) in [5.41, 5.74) is 3.94. The second kappa shape index (κ2) is 9.33. The number of morpholine rings is 1. The van der Waals surface area contributed by atoms with Gasteiger partial charge in [0.1, 0.15) is 11.6 Å². The number of nitrogens with zero attached hydrogens (tertiary/aromatic N) is 5. The summed E-state index contributed by atoms with van der Waals surface area (Å²) in [4.78, 5) is 16.0. The van der Waals surface area contributed by atoms with Gasteiger partial charge in [-0.15, -0.1) is 0 Å². The van der Waals surface area contributed by atoms with Gasteiger partial charge in [0.05, 0.1) is 30.2 Å². The van der Waals surface area contributed by atoms with E-state index in [4.69, 9.17) is 14.2 Å². The van der Waals surface area contributed by atoms with Gasteiger partial charge in [-0.1, -0.05) is 17.3 Å². The minimum atomic E-state index is -0.267. The van der Waals surface area contributed by atoms with E-state index in [1.165, 1.54) is 12.1 Å². The van der Waals surface area contributed by atoms with Crippen LogP contribution >= 0.6 is 0 Å². The third kappa shape index (κ3) is 4.83. The van der Waals surface area contributed by atoms with E-state index >= 15 is 0 Å². The molecule has 0 aliphatic carbocycles. The maximum absolute atomic E-state index is 13.2. The lowest BCUT2D eigenvalue weighted by Crippen LogP contribution is -2.36. The van der Waals surface area contributed by atoms with Crippen molar-refractivity contribution in [3.8, 4) is 22.6 Å². The van der Waals surface area contributed by atoms with Crippen LogP contribution in [0.25, 0.3) is 22.6 Å². The number of hydrogen-bond acceptors (Lipinski definition) is 8. The molecule has 3 aromatic heterocycles. The zero-order chi connectivity index (χ0) is 22.6. The molecule has 9 heteroatoms. The number of halogens is 1. The Labute approximate surface area is 190 Å². The molecule has 4 aromatic rings. The van der Waals surface area contributed by atoms with Crippen LogP contribution in [0.1, 0.15) is 11.3 Å². The normalized spacial score (nSPS) is 13.8. The summed E-state index contributed by atoms with van der Waals surface area (Å²) in [6.45, 7) is 5.38. The Morgan fingerprint density at radius 1 is 1.03 bits per heavy atom. The fourth-order valence-corrected chi connectivity index (χ4v) is 3.65. The highest BCUT2D eigenvalue weighted by atomic mass is 19.1. The first-order valence-corrected chi connectivity index (χ1v) is 10.7. The van der Waals surface area contributed by atoms with Crippen LogP contribution in [-0.4, -0.2) is 46.4 Å². The maximum atomic E-state index is 13.2. The quantitative estimate of drug-likeness (QED) is 0.474. The van der Waals surface area contributed by atoms with Gasteiger partial charge in [0, 0.05) is 43.7 Å². The van der Waals surface area contributed by atoms with Crippen molar-refractivity contribution < 1.29 is 13.7 Å². The molecule has 0 radical (unpaired) electrons.